The molecule has 0 spiro atoms. The van der Waals surface area contributed by atoms with Crippen LogP contribution in [0.1, 0.15) is 49.9 Å². The maximum absolute atomic E-state index is 5.59. The van der Waals surface area contributed by atoms with Crippen molar-refractivity contribution in [3.05, 3.63) is 23.5 Å². The van der Waals surface area contributed by atoms with Crippen molar-refractivity contribution >= 4 is 11.5 Å². The van der Waals surface area contributed by atoms with Crippen LogP contribution < -0.4 is 11.1 Å². The molecule has 2 aromatic heterocycles. The van der Waals surface area contributed by atoms with Crippen LogP contribution in [-0.4, -0.2) is 27.7 Å². The van der Waals surface area contributed by atoms with Gasteiger partial charge >= 0.3 is 0 Å². The molecule has 1 aliphatic rings. The lowest BCUT2D eigenvalue weighted by molar-refractivity contribution is 0.410. The van der Waals surface area contributed by atoms with Gasteiger partial charge in [-0.3, -0.25) is 0 Å². The number of nitrogens with zero attached hydrogens (tertiary/aromatic N) is 3. The molecule has 0 aliphatic heterocycles. The average molecular weight is 273 g/mol. The maximum Gasteiger partial charge on any atom is 0.157 e. The first-order chi connectivity index (χ1) is 9.81. The summed E-state index contributed by atoms with van der Waals surface area (Å²) in [4.78, 5) is 4.72. The van der Waals surface area contributed by atoms with Crippen molar-refractivity contribution in [1.82, 2.24) is 14.6 Å². The lowest BCUT2D eigenvalue weighted by Gasteiger charge is -2.22. The van der Waals surface area contributed by atoms with Crippen molar-refractivity contribution in [3.8, 4) is 0 Å². The van der Waals surface area contributed by atoms with Gasteiger partial charge in [0.2, 0.25) is 0 Å². The number of nitrogens with one attached hydrogen (secondary N) is 1. The number of fused-ring (bicyclic) bond motifs is 1. The Bertz CT molecular complexity index is 585. The highest BCUT2D eigenvalue weighted by atomic mass is 15.3. The van der Waals surface area contributed by atoms with Crippen LogP contribution in [-0.2, 0) is 6.42 Å². The van der Waals surface area contributed by atoms with Crippen molar-refractivity contribution < 1.29 is 0 Å². The Labute approximate surface area is 119 Å². The summed E-state index contributed by atoms with van der Waals surface area (Å²) in [6, 6.07) is 4.25. The number of hydrogen-bond acceptors (Lipinski definition) is 4. The van der Waals surface area contributed by atoms with Gasteiger partial charge in [0.25, 0.3) is 0 Å². The molecule has 0 bridgehead atoms. The number of aryl methyl sites for hydroxylation is 1. The fourth-order valence-electron chi connectivity index (χ4n) is 2.66. The van der Waals surface area contributed by atoms with Gasteiger partial charge in [0.15, 0.2) is 5.65 Å². The molecule has 0 amide bonds. The van der Waals surface area contributed by atoms with Crippen molar-refractivity contribution in [3.63, 3.8) is 0 Å². The van der Waals surface area contributed by atoms with Crippen molar-refractivity contribution in [2.24, 2.45) is 5.73 Å². The molecule has 1 saturated carbocycles. The number of nitrogens with two attached hydrogens (primary N) is 1. The maximum atomic E-state index is 5.59. The molecule has 5 heteroatoms. The number of hydrogen-bond donors (Lipinski definition) is 2. The van der Waals surface area contributed by atoms with E-state index in [1.807, 2.05) is 4.52 Å². The number of anilines is 1. The minimum absolute atomic E-state index is 0.615. The Morgan fingerprint density at radius 2 is 2.25 bits per heavy atom. The molecule has 2 heterocycles. The number of rotatable bonds is 6. The molecule has 1 fully saturated rings. The van der Waals surface area contributed by atoms with Gasteiger partial charge in [-0.2, -0.15) is 9.61 Å². The zero-order valence-electron chi connectivity index (χ0n) is 12.1. The van der Waals surface area contributed by atoms with E-state index in [0.29, 0.717) is 12.5 Å². The fraction of sp³-hybridized carbons (Fsp3) is 0.600. The molecular formula is C15H23N5. The summed E-state index contributed by atoms with van der Waals surface area (Å²) < 4.78 is 1.93. The Morgan fingerprint density at radius 3 is 2.90 bits per heavy atom. The van der Waals surface area contributed by atoms with Gasteiger partial charge in [0, 0.05) is 36.8 Å². The molecule has 0 saturated heterocycles. The van der Waals surface area contributed by atoms with E-state index >= 15 is 0 Å². The molecule has 3 N–H and O–H groups in total. The van der Waals surface area contributed by atoms with Crippen LogP contribution in [0.5, 0.6) is 0 Å². The Hall–Kier alpha value is -1.62. The highest BCUT2D eigenvalue weighted by molar-refractivity contribution is 5.51. The van der Waals surface area contributed by atoms with Crippen LogP contribution in [0.3, 0.4) is 0 Å². The second-order valence-electron chi connectivity index (χ2n) is 5.57. The fourth-order valence-corrected chi connectivity index (χ4v) is 2.66. The summed E-state index contributed by atoms with van der Waals surface area (Å²) >= 11 is 0. The third-order valence-corrected chi connectivity index (χ3v) is 3.98. The van der Waals surface area contributed by atoms with E-state index < -0.39 is 0 Å². The Kier molecular flexibility index (Phi) is 3.87. The summed E-state index contributed by atoms with van der Waals surface area (Å²) in [5.74, 6) is 1.64. The minimum atomic E-state index is 0.615. The first-order valence-electron chi connectivity index (χ1n) is 7.65. The number of aromatic nitrogens is 3. The highest BCUT2D eigenvalue weighted by Crippen LogP contribution is 2.36. The molecule has 1 aliphatic carbocycles. The lowest BCUT2D eigenvalue weighted by atomic mass is 9.83. The largest absolute Gasteiger partial charge is 0.369 e. The molecule has 108 valence electrons. The predicted molar refractivity (Wildman–Crippen MR) is 81.1 cm³/mol. The van der Waals surface area contributed by atoms with Crippen LogP contribution in [0.4, 0.5) is 5.82 Å². The van der Waals surface area contributed by atoms with Gasteiger partial charge in [0.1, 0.15) is 5.82 Å². The molecule has 3 rings (SSSR count). The first kappa shape index (κ1) is 13.4. The summed E-state index contributed by atoms with van der Waals surface area (Å²) in [6.45, 7) is 3.54. The SMILES string of the molecule is CCCc1cc(NCCN)n2nc(C3CCC3)cc2n1. The summed E-state index contributed by atoms with van der Waals surface area (Å²) in [5.41, 5.74) is 8.86. The molecule has 0 unspecified atom stereocenters. The van der Waals surface area contributed by atoms with Crippen LogP contribution in [0, 0.1) is 0 Å². The molecular weight excluding hydrogens is 250 g/mol. The topological polar surface area (TPSA) is 68.2 Å². The molecule has 2 aromatic rings. The van der Waals surface area contributed by atoms with Gasteiger partial charge in [-0.15, -0.1) is 0 Å². The zero-order valence-corrected chi connectivity index (χ0v) is 12.1. The summed E-state index contributed by atoms with van der Waals surface area (Å²) in [6.07, 6.45) is 5.95. The normalized spacial score (nSPS) is 15.5. The van der Waals surface area contributed by atoms with Crippen molar-refractivity contribution in [1.29, 1.82) is 0 Å². The van der Waals surface area contributed by atoms with Crippen molar-refractivity contribution in [2.75, 3.05) is 18.4 Å². The predicted octanol–water partition coefficient (Wildman–Crippen LogP) is 2.32. The third kappa shape index (κ3) is 2.50. The lowest BCUT2D eigenvalue weighted by Crippen LogP contribution is -2.16. The smallest absolute Gasteiger partial charge is 0.157 e. The van der Waals surface area contributed by atoms with Gasteiger partial charge in [-0.25, -0.2) is 4.98 Å². The second kappa shape index (κ2) is 5.79. The van der Waals surface area contributed by atoms with E-state index in [1.165, 1.54) is 25.0 Å². The molecule has 0 atom stereocenters. The van der Waals surface area contributed by atoms with Crippen LogP contribution >= 0.6 is 0 Å². The van der Waals surface area contributed by atoms with Gasteiger partial charge in [-0.1, -0.05) is 19.8 Å². The summed E-state index contributed by atoms with van der Waals surface area (Å²) in [5, 5.41) is 8.10. The van der Waals surface area contributed by atoms with E-state index in [0.717, 1.165) is 36.5 Å². The van der Waals surface area contributed by atoms with Crippen molar-refractivity contribution in [2.45, 2.75) is 44.9 Å². The minimum Gasteiger partial charge on any atom is -0.369 e. The zero-order chi connectivity index (χ0) is 13.9. The van der Waals surface area contributed by atoms with E-state index in [4.69, 9.17) is 15.8 Å². The monoisotopic (exact) mass is 273 g/mol. The Balaban J connectivity index is 1.99. The van der Waals surface area contributed by atoms with Gasteiger partial charge < -0.3 is 11.1 Å². The highest BCUT2D eigenvalue weighted by Gasteiger charge is 2.23. The first-order valence-corrected chi connectivity index (χ1v) is 7.65. The van der Waals surface area contributed by atoms with E-state index in [-0.39, 0.29) is 0 Å². The third-order valence-electron chi connectivity index (χ3n) is 3.98. The van der Waals surface area contributed by atoms with Gasteiger partial charge in [0.05, 0.1) is 5.69 Å². The van der Waals surface area contributed by atoms with Crippen LogP contribution in [0.25, 0.3) is 5.65 Å². The van der Waals surface area contributed by atoms with E-state index in [9.17, 15) is 0 Å². The Morgan fingerprint density at radius 1 is 1.40 bits per heavy atom. The molecule has 0 radical (unpaired) electrons. The van der Waals surface area contributed by atoms with Crippen LogP contribution in [0.2, 0.25) is 0 Å². The average Bonchev–Trinajstić information content (AvgIpc) is 2.77. The standard InChI is InChI=1S/C15H23N5/c1-2-4-12-9-14(17-8-7-16)20-15(18-12)10-13(19-20)11-5-3-6-11/h9-11,17H,2-8,16H2,1H3. The molecule has 20 heavy (non-hydrogen) atoms. The van der Waals surface area contributed by atoms with Crippen LogP contribution in [0.15, 0.2) is 12.1 Å². The van der Waals surface area contributed by atoms with E-state index in [1.54, 1.807) is 0 Å². The second-order valence-corrected chi connectivity index (χ2v) is 5.57. The molecule has 5 nitrogen and oxygen atoms in total. The summed E-state index contributed by atoms with van der Waals surface area (Å²) in [7, 11) is 0. The van der Waals surface area contributed by atoms with E-state index in [2.05, 4.69) is 24.4 Å². The van der Waals surface area contributed by atoms with Gasteiger partial charge in [-0.05, 0) is 19.3 Å². The quantitative estimate of drug-likeness (QED) is 0.847. The molecule has 0 aromatic carbocycles.